The molecular formula is C16H18ClNO5S2. The van der Waals surface area contributed by atoms with Crippen molar-refractivity contribution in [3.05, 3.63) is 50.7 Å². The summed E-state index contributed by atoms with van der Waals surface area (Å²) in [7, 11) is -1.68. The van der Waals surface area contributed by atoms with Gasteiger partial charge in [-0.25, -0.2) is 17.9 Å². The van der Waals surface area contributed by atoms with E-state index in [-0.39, 0.29) is 13.2 Å². The molecule has 0 aliphatic carbocycles. The third-order valence-corrected chi connectivity index (χ3v) is 5.29. The maximum atomic E-state index is 12.2. The van der Waals surface area contributed by atoms with Crippen LogP contribution in [0.5, 0.6) is 5.75 Å². The molecule has 1 heterocycles. The van der Waals surface area contributed by atoms with Gasteiger partial charge in [-0.3, -0.25) is 0 Å². The van der Waals surface area contributed by atoms with Crippen molar-refractivity contribution in [2.24, 2.45) is 0 Å². The van der Waals surface area contributed by atoms with Crippen LogP contribution in [0.3, 0.4) is 0 Å². The largest absolute Gasteiger partial charge is 0.496 e. The summed E-state index contributed by atoms with van der Waals surface area (Å²) in [6.45, 7) is 0.332. The Balaban J connectivity index is 1.92. The molecule has 0 fully saturated rings. The molecule has 1 N–H and O–H groups in total. The van der Waals surface area contributed by atoms with Gasteiger partial charge in [-0.1, -0.05) is 11.6 Å². The summed E-state index contributed by atoms with van der Waals surface area (Å²) in [6.07, 6.45) is 1.61. The molecule has 0 aliphatic rings. The molecule has 0 aliphatic heterocycles. The van der Waals surface area contributed by atoms with E-state index in [0.29, 0.717) is 27.6 Å². The Morgan fingerprint density at radius 2 is 2.04 bits per heavy atom. The summed E-state index contributed by atoms with van der Waals surface area (Å²) >= 11 is 7.22. The molecule has 136 valence electrons. The lowest BCUT2D eigenvalue weighted by Crippen LogP contribution is -2.23. The van der Waals surface area contributed by atoms with Crippen LogP contribution in [0.1, 0.15) is 20.1 Å². The fourth-order valence-corrected chi connectivity index (χ4v) is 3.62. The van der Waals surface area contributed by atoms with E-state index in [2.05, 4.69) is 4.72 Å². The summed E-state index contributed by atoms with van der Waals surface area (Å²) < 4.78 is 35.0. The minimum absolute atomic E-state index is 0.0471. The third kappa shape index (κ3) is 6.32. The molecule has 6 nitrogen and oxygen atoms in total. The number of benzene rings is 1. The van der Waals surface area contributed by atoms with E-state index in [1.807, 2.05) is 0 Å². The number of rotatable bonds is 8. The first-order chi connectivity index (χ1) is 11.8. The van der Waals surface area contributed by atoms with Crippen LogP contribution in [0.2, 0.25) is 5.02 Å². The Kier molecular flexibility index (Phi) is 6.83. The second-order valence-electron chi connectivity index (χ2n) is 5.21. The van der Waals surface area contributed by atoms with Gasteiger partial charge in [0.2, 0.25) is 10.0 Å². The summed E-state index contributed by atoms with van der Waals surface area (Å²) in [5.74, 6) is 0.144. The van der Waals surface area contributed by atoms with E-state index >= 15 is 0 Å². The molecule has 9 heteroatoms. The highest BCUT2D eigenvalue weighted by molar-refractivity contribution is 7.88. The molecule has 0 amide bonds. The number of halogens is 1. The standard InChI is InChI=1S/C16H18ClNO5S2/c1-22-14-5-3-12(17)9-11(14)10-23-16(19)15-6-4-13(24-15)7-8-18-25(2,20)21/h3-6,9,18H,7-8,10H2,1-2H3. The van der Waals surface area contributed by atoms with Gasteiger partial charge in [0.05, 0.1) is 13.4 Å². The van der Waals surface area contributed by atoms with E-state index < -0.39 is 16.0 Å². The number of sulfonamides is 1. The Hall–Kier alpha value is -1.61. The molecule has 0 radical (unpaired) electrons. The van der Waals surface area contributed by atoms with Gasteiger partial charge in [0.25, 0.3) is 0 Å². The predicted molar refractivity (Wildman–Crippen MR) is 98.0 cm³/mol. The average Bonchev–Trinajstić information content (AvgIpc) is 3.00. The van der Waals surface area contributed by atoms with Crippen molar-refractivity contribution < 1.29 is 22.7 Å². The van der Waals surface area contributed by atoms with E-state index in [9.17, 15) is 13.2 Å². The molecule has 0 unspecified atom stereocenters. The normalized spacial score (nSPS) is 11.3. The molecule has 2 aromatic rings. The van der Waals surface area contributed by atoms with Gasteiger partial charge in [0, 0.05) is 22.0 Å². The van der Waals surface area contributed by atoms with Crippen molar-refractivity contribution in [2.45, 2.75) is 13.0 Å². The quantitative estimate of drug-likeness (QED) is 0.685. The van der Waals surface area contributed by atoms with Crippen molar-refractivity contribution in [3.8, 4) is 5.75 Å². The average molecular weight is 404 g/mol. The summed E-state index contributed by atoms with van der Waals surface area (Å²) in [5, 5.41) is 0.531. The molecule has 0 spiro atoms. The van der Waals surface area contributed by atoms with Gasteiger partial charge in [0.1, 0.15) is 17.2 Å². The Bertz CT molecular complexity index is 848. The van der Waals surface area contributed by atoms with Crippen LogP contribution in [0.15, 0.2) is 30.3 Å². The van der Waals surface area contributed by atoms with Gasteiger partial charge in [-0.2, -0.15) is 0 Å². The van der Waals surface area contributed by atoms with Crippen molar-refractivity contribution >= 4 is 38.9 Å². The van der Waals surface area contributed by atoms with E-state index in [4.69, 9.17) is 21.1 Å². The molecule has 1 aromatic heterocycles. The topological polar surface area (TPSA) is 81.7 Å². The smallest absolute Gasteiger partial charge is 0.348 e. The zero-order valence-electron chi connectivity index (χ0n) is 13.7. The van der Waals surface area contributed by atoms with Crippen LogP contribution < -0.4 is 9.46 Å². The number of esters is 1. The molecular weight excluding hydrogens is 386 g/mol. The second kappa shape index (κ2) is 8.66. The Morgan fingerprint density at radius 1 is 1.28 bits per heavy atom. The minimum Gasteiger partial charge on any atom is -0.496 e. The summed E-state index contributed by atoms with van der Waals surface area (Å²) in [6, 6.07) is 8.54. The fourth-order valence-electron chi connectivity index (χ4n) is 2.06. The van der Waals surface area contributed by atoms with Gasteiger partial charge < -0.3 is 9.47 Å². The first-order valence-corrected chi connectivity index (χ1v) is 10.4. The molecule has 2 rings (SSSR count). The first-order valence-electron chi connectivity index (χ1n) is 7.31. The third-order valence-electron chi connectivity index (χ3n) is 3.20. The van der Waals surface area contributed by atoms with Crippen molar-refractivity contribution in [1.82, 2.24) is 4.72 Å². The molecule has 0 saturated heterocycles. The lowest BCUT2D eigenvalue weighted by Gasteiger charge is -2.09. The number of nitrogens with one attached hydrogen (secondary N) is 1. The zero-order valence-corrected chi connectivity index (χ0v) is 16.1. The fraction of sp³-hybridized carbons (Fsp3) is 0.312. The van der Waals surface area contributed by atoms with Gasteiger partial charge in [-0.05, 0) is 36.8 Å². The number of ether oxygens (including phenoxy) is 2. The first kappa shape index (κ1) is 19.7. The summed E-state index contributed by atoms with van der Waals surface area (Å²) in [4.78, 5) is 13.5. The van der Waals surface area contributed by atoms with Crippen molar-refractivity contribution in [3.63, 3.8) is 0 Å². The molecule has 25 heavy (non-hydrogen) atoms. The monoisotopic (exact) mass is 403 g/mol. The van der Waals surface area contributed by atoms with Crippen LogP contribution in [0, 0.1) is 0 Å². The maximum Gasteiger partial charge on any atom is 0.348 e. The maximum absolute atomic E-state index is 12.2. The van der Waals surface area contributed by atoms with Gasteiger partial charge in [-0.15, -0.1) is 11.3 Å². The lowest BCUT2D eigenvalue weighted by molar-refractivity contribution is 0.0476. The summed E-state index contributed by atoms with van der Waals surface area (Å²) in [5.41, 5.74) is 0.678. The van der Waals surface area contributed by atoms with Crippen LogP contribution in [-0.2, 0) is 27.8 Å². The second-order valence-corrected chi connectivity index (χ2v) is 8.65. The van der Waals surface area contributed by atoms with Crippen LogP contribution in [0.25, 0.3) is 0 Å². The van der Waals surface area contributed by atoms with Gasteiger partial charge >= 0.3 is 5.97 Å². The highest BCUT2D eigenvalue weighted by Crippen LogP contribution is 2.24. The van der Waals surface area contributed by atoms with Crippen LogP contribution in [-0.4, -0.2) is 34.3 Å². The van der Waals surface area contributed by atoms with Gasteiger partial charge in [0.15, 0.2) is 0 Å². The number of hydrogen-bond acceptors (Lipinski definition) is 6. The zero-order chi connectivity index (χ0) is 18.4. The number of hydrogen-bond donors (Lipinski definition) is 1. The predicted octanol–water partition coefficient (Wildman–Crippen LogP) is 2.86. The molecule has 0 saturated carbocycles. The minimum atomic E-state index is -3.21. The van der Waals surface area contributed by atoms with Crippen LogP contribution in [0.4, 0.5) is 0 Å². The lowest BCUT2D eigenvalue weighted by atomic mass is 10.2. The van der Waals surface area contributed by atoms with E-state index in [0.717, 1.165) is 11.1 Å². The Morgan fingerprint density at radius 3 is 2.72 bits per heavy atom. The number of thiophene rings is 1. The SMILES string of the molecule is COc1ccc(Cl)cc1COC(=O)c1ccc(CCNS(C)(=O)=O)s1. The highest BCUT2D eigenvalue weighted by Gasteiger charge is 2.13. The van der Waals surface area contributed by atoms with Crippen molar-refractivity contribution in [2.75, 3.05) is 19.9 Å². The molecule has 0 atom stereocenters. The number of carbonyl (C=O) groups excluding carboxylic acids is 1. The number of carbonyl (C=O) groups is 1. The highest BCUT2D eigenvalue weighted by atomic mass is 35.5. The van der Waals surface area contributed by atoms with E-state index in [1.165, 1.54) is 18.4 Å². The Labute approximate surface area is 155 Å². The number of methoxy groups -OCH3 is 1. The van der Waals surface area contributed by atoms with Crippen molar-refractivity contribution in [1.29, 1.82) is 0 Å². The molecule has 0 bridgehead atoms. The van der Waals surface area contributed by atoms with E-state index in [1.54, 1.807) is 30.3 Å². The van der Waals surface area contributed by atoms with Crippen LogP contribution >= 0.6 is 22.9 Å². The molecule has 1 aromatic carbocycles.